The van der Waals surface area contributed by atoms with Gasteiger partial charge in [-0.3, -0.25) is 14.4 Å². The predicted molar refractivity (Wildman–Crippen MR) is 129 cm³/mol. The summed E-state index contributed by atoms with van der Waals surface area (Å²) < 4.78 is 19.9. The second-order valence-corrected chi connectivity index (χ2v) is 10.5. The van der Waals surface area contributed by atoms with Crippen molar-refractivity contribution in [2.45, 2.75) is 57.0 Å². The van der Waals surface area contributed by atoms with Crippen LogP contribution in [0.25, 0.3) is 0 Å². The number of benzene rings is 1. The number of phenolic OH excluding ortho intramolecular Hbond substituents is 2. The topological polar surface area (TPSA) is 206 Å². The number of carbonyl (C=O) groups is 4. The fourth-order valence-electron chi connectivity index (χ4n) is 3.62. The number of nitrogens with zero attached hydrogens (tertiary/aromatic N) is 2. The first-order valence-electron chi connectivity index (χ1n) is 10.6. The molecule has 13 nitrogen and oxygen atoms in total. The third kappa shape index (κ3) is 5.77. The van der Waals surface area contributed by atoms with Crippen LogP contribution in [0.3, 0.4) is 0 Å². The lowest BCUT2D eigenvalue weighted by molar-refractivity contribution is -0.161. The Bertz CT molecular complexity index is 1130. The average molecular weight is 547 g/mol. The molecule has 6 N–H and O–H groups in total. The molecule has 1 aromatic rings. The molecule has 0 saturated carbocycles. The van der Waals surface area contributed by atoms with E-state index in [1.807, 2.05) is 0 Å². The van der Waals surface area contributed by atoms with Crippen molar-refractivity contribution in [3.63, 3.8) is 0 Å². The van der Waals surface area contributed by atoms with E-state index in [0.29, 0.717) is 0 Å². The summed E-state index contributed by atoms with van der Waals surface area (Å²) in [7, 11) is 0. The Labute approximate surface area is 213 Å². The summed E-state index contributed by atoms with van der Waals surface area (Å²) in [5, 5.41) is 34.5. The highest BCUT2D eigenvalue weighted by Crippen LogP contribution is 2.35. The molecule has 36 heavy (non-hydrogen) atoms. The molecule has 1 saturated heterocycles. The van der Waals surface area contributed by atoms with Crippen LogP contribution in [0.15, 0.2) is 17.2 Å². The highest BCUT2D eigenvalue weighted by atomic mass is 35.5. The molecule has 1 aliphatic heterocycles. The standard InChI is InChI=1S/C21H27ClN4O9S/c1-9(2)15(24-18(30)11-5-6-12(27)16(29)14(11)22)19(31)25-23-8-21(4,36(34)35)17(20(32)33)26-10(3)7-13(26)28/h5-6,8-10,15,17,27,29H,7H2,1-4H3,(H,24,30)(H,25,31)(H,32,33)(H,34,35)/b23-8+/t10-,15?,17+,21+/m1/s1. The number of nitrogens with one attached hydrogen (secondary N) is 2. The van der Waals surface area contributed by atoms with E-state index < -0.39 is 80.1 Å². The molecule has 198 valence electrons. The van der Waals surface area contributed by atoms with Gasteiger partial charge >= 0.3 is 5.97 Å². The third-order valence-corrected chi connectivity index (χ3v) is 7.20. The maximum absolute atomic E-state index is 12.7. The van der Waals surface area contributed by atoms with Crippen LogP contribution < -0.4 is 10.7 Å². The van der Waals surface area contributed by atoms with Crippen molar-refractivity contribution in [3.05, 3.63) is 22.7 Å². The van der Waals surface area contributed by atoms with Crippen LogP contribution >= 0.6 is 11.6 Å². The van der Waals surface area contributed by atoms with E-state index in [1.54, 1.807) is 20.8 Å². The summed E-state index contributed by atoms with van der Waals surface area (Å²) in [6, 6.07) is -1.21. The zero-order chi connectivity index (χ0) is 27.5. The number of likely N-dealkylation sites (tertiary alicyclic amines) is 1. The van der Waals surface area contributed by atoms with Crippen LogP contribution in [-0.2, 0) is 25.5 Å². The van der Waals surface area contributed by atoms with Gasteiger partial charge in [-0.25, -0.2) is 14.4 Å². The first kappa shape index (κ1) is 29.0. The SMILES string of the molecule is CC(C)C(NC(=O)c1ccc(O)c(O)c1Cl)C(=O)N/N=C/[C@@](C)([C@H](C(=O)O)N1C(=O)C[C@H]1C)S(=O)O. The van der Waals surface area contributed by atoms with E-state index in [9.17, 15) is 43.3 Å². The first-order valence-corrected chi connectivity index (χ1v) is 12.1. The van der Waals surface area contributed by atoms with E-state index in [2.05, 4.69) is 15.8 Å². The van der Waals surface area contributed by atoms with Gasteiger partial charge in [0.05, 0.1) is 10.6 Å². The number of carboxylic acids is 1. The third-order valence-electron chi connectivity index (χ3n) is 5.74. The number of hydrogen-bond donors (Lipinski definition) is 6. The van der Waals surface area contributed by atoms with Crippen LogP contribution in [0.4, 0.5) is 0 Å². The number of amides is 3. The summed E-state index contributed by atoms with van der Waals surface area (Å²) >= 11 is 3.08. The van der Waals surface area contributed by atoms with E-state index in [1.165, 1.54) is 0 Å². The zero-order valence-electron chi connectivity index (χ0n) is 19.8. The molecule has 1 aromatic carbocycles. The van der Waals surface area contributed by atoms with Gasteiger partial charge in [-0.2, -0.15) is 5.10 Å². The summed E-state index contributed by atoms with van der Waals surface area (Å²) in [6.07, 6.45) is 0.858. The van der Waals surface area contributed by atoms with Crippen molar-refractivity contribution < 1.29 is 43.3 Å². The van der Waals surface area contributed by atoms with Gasteiger partial charge in [-0.15, -0.1) is 0 Å². The monoisotopic (exact) mass is 546 g/mol. The molecule has 1 heterocycles. The molecule has 1 aliphatic rings. The molecule has 5 atom stereocenters. The smallest absolute Gasteiger partial charge is 0.328 e. The van der Waals surface area contributed by atoms with Crippen molar-refractivity contribution in [2.24, 2.45) is 11.0 Å². The Morgan fingerprint density at radius 2 is 1.92 bits per heavy atom. The van der Waals surface area contributed by atoms with E-state index in [-0.39, 0.29) is 12.0 Å². The minimum atomic E-state index is -2.82. The van der Waals surface area contributed by atoms with Crippen molar-refractivity contribution in [1.82, 2.24) is 15.6 Å². The van der Waals surface area contributed by atoms with Gasteiger partial charge in [0.2, 0.25) is 5.91 Å². The van der Waals surface area contributed by atoms with Gasteiger partial charge in [0.25, 0.3) is 11.8 Å². The highest BCUT2D eigenvalue weighted by molar-refractivity contribution is 7.81. The quantitative estimate of drug-likeness (QED) is 0.0799. The molecule has 2 rings (SSSR count). The lowest BCUT2D eigenvalue weighted by atomic mass is 9.92. The van der Waals surface area contributed by atoms with Gasteiger partial charge in [-0.1, -0.05) is 25.4 Å². The van der Waals surface area contributed by atoms with Gasteiger partial charge < -0.3 is 30.1 Å². The molecule has 0 spiro atoms. The summed E-state index contributed by atoms with van der Waals surface area (Å²) in [4.78, 5) is 50.2. The second kappa shape index (κ2) is 11.2. The summed E-state index contributed by atoms with van der Waals surface area (Å²) in [5.41, 5.74) is 1.90. The molecular weight excluding hydrogens is 520 g/mol. The largest absolute Gasteiger partial charge is 0.504 e. The minimum Gasteiger partial charge on any atom is -0.504 e. The zero-order valence-corrected chi connectivity index (χ0v) is 21.3. The van der Waals surface area contributed by atoms with Gasteiger partial charge in [-0.05, 0) is 31.9 Å². The molecule has 3 amide bonds. The maximum Gasteiger partial charge on any atom is 0.328 e. The normalized spacial score (nSPS) is 19.8. The minimum absolute atomic E-state index is 0.0877. The number of hydrazone groups is 1. The number of β-lactam (4-membered cyclic amide) rings is 1. The van der Waals surface area contributed by atoms with Crippen LogP contribution in [0.5, 0.6) is 11.5 Å². The maximum atomic E-state index is 12.7. The van der Waals surface area contributed by atoms with Gasteiger partial charge in [0.15, 0.2) is 28.6 Å². The highest BCUT2D eigenvalue weighted by Gasteiger charge is 2.53. The number of hydrogen-bond acceptors (Lipinski definition) is 8. The Balaban J connectivity index is 2.24. The summed E-state index contributed by atoms with van der Waals surface area (Å²) in [6.45, 7) is 5.91. The van der Waals surface area contributed by atoms with Crippen molar-refractivity contribution in [1.29, 1.82) is 0 Å². The Kier molecular flexibility index (Phi) is 9.04. The molecule has 1 fully saturated rings. The van der Waals surface area contributed by atoms with Crippen LogP contribution in [0.1, 0.15) is 44.5 Å². The molecule has 0 radical (unpaired) electrons. The fourth-order valence-corrected chi connectivity index (χ4v) is 4.41. The van der Waals surface area contributed by atoms with Crippen LogP contribution in [0.2, 0.25) is 5.02 Å². The number of halogens is 1. The van der Waals surface area contributed by atoms with Crippen molar-refractivity contribution in [2.75, 3.05) is 0 Å². The van der Waals surface area contributed by atoms with E-state index in [0.717, 1.165) is 30.2 Å². The van der Waals surface area contributed by atoms with Crippen LogP contribution in [-0.4, -0.2) is 81.8 Å². The lowest BCUT2D eigenvalue weighted by Crippen LogP contribution is -2.67. The van der Waals surface area contributed by atoms with Crippen molar-refractivity contribution >= 4 is 52.6 Å². The van der Waals surface area contributed by atoms with E-state index in [4.69, 9.17) is 11.6 Å². The average Bonchev–Trinajstić information content (AvgIpc) is 2.78. The van der Waals surface area contributed by atoms with Crippen molar-refractivity contribution in [3.8, 4) is 11.5 Å². The van der Waals surface area contributed by atoms with Crippen LogP contribution in [0, 0.1) is 5.92 Å². The molecule has 2 unspecified atom stereocenters. The molecule has 0 bridgehead atoms. The molecular formula is C21H27ClN4O9S. The number of phenols is 2. The summed E-state index contributed by atoms with van der Waals surface area (Å²) in [5.74, 6) is -5.46. The number of aromatic hydroxyl groups is 2. The Hall–Kier alpha value is -3.23. The molecule has 15 heteroatoms. The number of rotatable bonds is 10. The number of carboxylic acid groups (broad SMARTS) is 1. The first-order chi connectivity index (χ1) is 16.6. The fraction of sp³-hybridized carbons (Fsp3) is 0.476. The molecule has 0 aliphatic carbocycles. The number of carbonyl (C=O) groups excluding carboxylic acids is 3. The Morgan fingerprint density at radius 1 is 1.31 bits per heavy atom. The lowest BCUT2D eigenvalue weighted by Gasteiger charge is -2.46. The predicted octanol–water partition coefficient (Wildman–Crippen LogP) is 0.662. The second-order valence-electron chi connectivity index (χ2n) is 8.75. The Morgan fingerprint density at radius 3 is 2.39 bits per heavy atom. The van der Waals surface area contributed by atoms with Gasteiger partial charge in [0.1, 0.15) is 10.8 Å². The number of aliphatic carboxylic acids is 1. The van der Waals surface area contributed by atoms with E-state index >= 15 is 0 Å². The van der Waals surface area contributed by atoms with Gasteiger partial charge in [0, 0.05) is 18.7 Å². The molecule has 0 aromatic heterocycles.